The van der Waals surface area contributed by atoms with Crippen molar-refractivity contribution >= 4 is 33.9 Å². The third kappa shape index (κ3) is 8.41. The third-order valence-electron chi connectivity index (χ3n) is 10.4. The zero-order chi connectivity index (χ0) is 38.1. The van der Waals surface area contributed by atoms with E-state index in [0.717, 1.165) is 34.7 Å². The number of hydrogen-bond acceptors (Lipinski definition) is 2. The fraction of sp³-hybridized carbons (Fsp3) is 0.0741. The molecule has 1 aliphatic rings. The Balaban J connectivity index is 1.15. The van der Waals surface area contributed by atoms with E-state index in [1.165, 1.54) is 44.5 Å². The first-order valence-electron chi connectivity index (χ1n) is 19.4. The number of rotatable bonds is 11. The van der Waals surface area contributed by atoms with E-state index in [1.807, 2.05) is 0 Å². The number of aryl methyl sites for hydroxylation is 2. The van der Waals surface area contributed by atoms with Gasteiger partial charge in [0, 0.05) is 46.6 Å². The quantitative estimate of drug-likeness (QED) is 0.131. The molecule has 0 heterocycles. The van der Waals surface area contributed by atoms with Gasteiger partial charge in [0.25, 0.3) is 0 Å². The van der Waals surface area contributed by atoms with Crippen molar-refractivity contribution < 1.29 is 0 Å². The second kappa shape index (κ2) is 17.1. The van der Waals surface area contributed by atoms with Gasteiger partial charge in [-0.2, -0.15) is 0 Å². The molecule has 0 aromatic heterocycles. The maximum atomic E-state index is 2.34. The molecule has 1 aliphatic carbocycles. The molecule has 7 aromatic carbocycles. The van der Waals surface area contributed by atoms with Crippen LogP contribution in [0.15, 0.2) is 225 Å². The molecular weight excluding hydrogens is 677 g/mol. The van der Waals surface area contributed by atoms with Gasteiger partial charge >= 0.3 is 0 Å². The van der Waals surface area contributed by atoms with E-state index in [-0.39, 0.29) is 0 Å². The van der Waals surface area contributed by atoms with Crippen LogP contribution in [0.5, 0.6) is 0 Å². The van der Waals surface area contributed by atoms with Crippen molar-refractivity contribution in [3.05, 3.63) is 253 Å². The molecule has 1 unspecified atom stereocenters. The molecule has 1 atom stereocenters. The zero-order valence-electron chi connectivity index (χ0n) is 32.0. The minimum Gasteiger partial charge on any atom is -0.317 e. The van der Waals surface area contributed by atoms with Gasteiger partial charge in [0.2, 0.25) is 0 Å². The summed E-state index contributed by atoms with van der Waals surface area (Å²) >= 11 is 0. The minimum absolute atomic E-state index is 0.291. The molecule has 272 valence electrons. The standard InChI is InChI=1S/C54H46N2/c1-41-23-31-49(32-24-41)55(39-53(45-15-7-3-8-16-45)46-17-9-4-10-18-46)51-35-27-43(28-36-51)44-29-37-52(38-30-44)56(50-33-25-42(2)26-34-50)40-54(47-19-11-5-12-20-47)48-21-13-6-14-22-48/h3-21,23-40,48H,22H2,1-2H3. The van der Waals surface area contributed by atoms with Gasteiger partial charge in [-0.1, -0.05) is 175 Å². The van der Waals surface area contributed by atoms with Crippen LogP contribution in [-0.2, 0) is 0 Å². The summed E-state index contributed by atoms with van der Waals surface area (Å²) in [5, 5.41) is 0. The SMILES string of the molecule is Cc1ccc(N(C=C(c2ccccc2)c2ccccc2)c2ccc(-c3ccc(N(C=C(c4ccccc4)C4C=CC=CC4)c4ccc(C)cc4)cc3)cc2)cc1. The Labute approximate surface area is 332 Å². The lowest BCUT2D eigenvalue weighted by Gasteiger charge is -2.26. The molecule has 0 radical (unpaired) electrons. The van der Waals surface area contributed by atoms with Crippen molar-refractivity contribution in [2.75, 3.05) is 9.80 Å². The van der Waals surface area contributed by atoms with Gasteiger partial charge in [-0.15, -0.1) is 0 Å². The van der Waals surface area contributed by atoms with Crippen LogP contribution in [0.1, 0.15) is 34.2 Å². The minimum atomic E-state index is 0.291. The predicted molar refractivity (Wildman–Crippen MR) is 239 cm³/mol. The molecule has 0 spiro atoms. The molecule has 0 amide bonds. The first-order valence-corrected chi connectivity index (χ1v) is 19.4. The second-order valence-corrected chi connectivity index (χ2v) is 14.4. The molecular formula is C54H46N2. The number of anilines is 4. The number of hydrogen-bond donors (Lipinski definition) is 0. The van der Waals surface area contributed by atoms with Crippen molar-refractivity contribution in [1.82, 2.24) is 0 Å². The van der Waals surface area contributed by atoms with Crippen LogP contribution in [-0.4, -0.2) is 0 Å². The van der Waals surface area contributed by atoms with Crippen LogP contribution in [0.4, 0.5) is 22.7 Å². The highest BCUT2D eigenvalue weighted by atomic mass is 15.1. The van der Waals surface area contributed by atoms with Crippen molar-refractivity contribution in [3.8, 4) is 11.1 Å². The first-order chi connectivity index (χ1) is 27.6. The molecule has 2 nitrogen and oxygen atoms in total. The highest BCUT2D eigenvalue weighted by Crippen LogP contribution is 2.37. The predicted octanol–water partition coefficient (Wildman–Crippen LogP) is 14.5. The molecule has 0 bridgehead atoms. The van der Waals surface area contributed by atoms with Gasteiger partial charge in [0.15, 0.2) is 0 Å². The third-order valence-corrected chi connectivity index (χ3v) is 10.4. The molecule has 2 heteroatoms. The lowest BCUT2D eigenvalue weighted by molar-refractivity contribution is 0.840. The second-order valence-electron chi connectivity index (χ2n) is 14.4. The Morgan fingerprint density at radius 1 is 0.429 bits per heavy atom. The molecule has 0 fully saturated rings. The highest BCUT2D eigenvalue weighted by Gasteiger charge is 2.18. The van der Waals surface area contributed by atoms with Gasteiger partial charge in [-0.3, -0.25) is 0 Å². The van der Waals surface area contributed by atoms with Gasteiger partial charge in [-0.05, 0) is 102 Å². The Kier molecular flexibility index (Phi) is 11.0. The van der Waals surface area contributed by atoms with Gasteiger partial charge in [-0.25, -0.2) is 0 Å². The maximum Gasteiger partial charge on any atom is 0.0456 e. The Morgan fingerprint density at radius 3 is 1.23 bits per heavy atom. The smallest absolute Gasteiger partial charge is 0.0456 e. The average Bonchev–Trinajstić information content (AvgIpc) is 3.27. The van der Waals surface area contributed by atoms with Crippen LogP contribution < -0.4 is 9.80 Å². The molecule has 0 N–H and O–H groups in total. The summed E-state index contributed by atoms with van der Waals surface area (Å²) in [7, 11) is 0. The van der Waals surface area contributed by atoms with Crippen molar-refractivity contribution in [3.63, 3.8) is 0 Å². The summed E-state index contributed by atoms with van der Waals surface area (Å²) in [4.78, 5) is 4.64. The van der Waals surface area contributed by atoms with E-state index in [4.69, 9.17) is 0 Å². The molecule has 0 saturated heterocycles. The van der Waals surface area contributed by atoms with Crippen LogP contribution in [0.25, 0.3) is 22.3 Å². The topological polar surface area (TPSA) is 6.48 Å². The number of benzene rings is 7. The lowest BCUT2D eigenvalue weighted by Crippen LogP contribution is -2.13. The highest BCUT2D eigenvalue weighted by molar-refractivity contribution is 5.85. The summed E-state index contributed by atoms with van der Waals surface area (Å²) in [5.74, 6) is 0.291. The fourth-order valence-electron chi connectivity index (χ4n) is 7.28. The van der Waals surface area contributed by atoms with E-state index in [1.54, 1.807) is 0 Å². The summed E-state index contributed by atoms with van der Waals surface area (Å²) in [6, 6.07) is 67.5. The van der Waals surface area contributed by atoms with Crippen LogP contribution in [0, 0.1) is 19.8 Å². The molecule has 56 heavy (non-hydrogen) atoms. The van der Waals surface area contributed by atoms with Gasteiger partial charge < -0.3 is 9.80 Å². The Morgan fingerprint density at radius 2 is 0.821 bits per heavy atom. The summed E-state index contributed by atoms with van der Waals surface area (Å²) in [6.07, 6.45) is 14.5. The fourth-order valence-corrected chi connectivity index (χ4v) is 7.28. The van der Waals surface area contributed by atoms with Gasteiger partial charge in [0.05, 0.1) is 0 Å². The Hall–Kier alpha value is -6.90. The normalized spacial score (nSPS) is 13.6. The van der Waals surface area contributed by atoms with Crippen molar-refractivity contribution in [1.29, 1.82) is 0 Å². The van der Waals surface area contributed by atoms with E-state index >= 15 is 0 Å². The van der Waals surface area contributed by atoms with Crippen molar-refractivity contribution in [2.24, 2.45) is 5.92 Å². The molecule has 0 aliphatic heterocycles. The Bertz CT molecular complexity index is 2420. The van der Waals surface area contributed by atoms with Crippen LogP contribution in [0.3, 0.4) is 0 Å². The van der Waals surface area contributed by atoms with Gasteiger partial charge in [0.1, 0.15) is 0 Å². The van der Waals surface area contributed by atoms with Crippen LogP contribution in [0.2, 0.25) is 0 Å². The number of allylic oxidation sites excluding steroid dienone is 5. The largest absolute Gasteiger partial charge is 0.317 e. The number of nitrogens with zero attached hydrogens (tertiary/aromatic N) is 2. The molecule has 8 rings (SSSR count). The zero-order valence-corrected chi connectivity index (χ0v) is 32.0. The maximum absolute atomic E-state index is 2.34. The average molecular weight is 723 g/mol. The summed E-state index contributed by atoms with van der Waals surface area (Å²) < 4.78 is 0. The molecule has 7 aromatic rings. The first kappa shape index (κ1) is 36.1. The van der Waals surface area contributed by atoms with Crippen molar-refractivity contribution in [2.45, 2.75) is 20.3 Å². The molecule has 0 saturated carbocycles. The lowest BCUT2D eigenvalue weighted by atomic mass is 9.88. The summed E-state index contributed by atoms with van der Waals surface area (Å²) in [6.45, 7) is 4.27. The van der Waals surface area contributed by atoms with E-state index in [9.17, 15) is 0 Å². The van der Waals surface area contributed by atoms with E-state index in [2.05, 4.69) is 248 Å². The van der Waals surface area contributed by atoms with E-state index in [0.29, 0.717) is 5.92 Å². The monoisotopic (exact) mass is 722 g/mol. The van der Waals surface area contributed by atoms with Crippen LogP contribution >= 0.6 is 0 Å². The van der Waals surface area contributed by atoms with E-state index < -0.39 is 0 Å². The summed E-state index contributed by atoms with van der Waals surface area (Å²) in [5.41, 5.74) is 15.3.